The number of aliphatic hydroxyl groups excluding tert-OH is 3. The zero-order chi connectivity index (χ0) is 25.9. The van der Waals surface area contributed by atoms with Gasteiger partial charge in [0.25, 0.3) is 5.91 Å². The first-order chi connectivity index (χ1) is 17.1. The number of amides is 1. The Hall–Kier alpha value is -3.21. The van der Waals surface area contributed by atoms with Crippen LogP contribution in [0.3, 0.4) is 0 Å². The molecule has 4 aliphatic rings. The second-order valence-corrected chi connectivity index (χ2v) is 10.1. The summed E-state index contributed by atoms with van der Waals surface area (Å²) in [6.07, 6.45) is 2.69. The van der Waals surface area contributed by atoms with Gasteiger partial charge in [0, 0.05) is 29.7 Å². The fourth-order valence-electron chi connectivity index (χ4n) is 6.45. The van der Waals surface area contributed by atoms with E-state index in [4.69, 9.17) is 10.5 Å². The Morgan fingerprint density at radius 3 is 2.47 bits per heavy atom. The quantitative estimate of drug-likeness (QED) is 0.332. The number of Topliss-reactive ketones (excluding diaryl/α,β-unsaturated/α-hetero) is 2. The smallest absolute Gasteiger partial charge is 0.255 e. The molecular formula is C26H29NO9. The normalized spacial score (nSPS) is 32.7. The van der Waals surface area contributed by atoms with Gasteiger partial charge in [-0.15, -0.1) is 0 Å². The second kappa shape index (κ2) is 8.72. The number of nitrogens with two attached hydrogens (primary N) is 1. The lowest BCUT2D eigenvalue weighted by molar-refractivity contribution is -0.161. The van der Waals surface area contributed by atoms with Crippen molar-refractivity contribution in [2.24, 2.45) is 17.6 Å². The molecule has 2 fully saturated rings. The molecule has 5 atom stereocenters. The fraction of sp³-hybridized carbons (Fsp3) is 0.500. The number of hydrogen-bond donors (Lipinski definition) is 6. The topological polar surface area (TPSA) is 188 Å². The molecule has 0 heterocycles. The van der Waals surface area contributed by atoms with E-state index in [0.29, 0.717) is 5.56 Å². The van der Waals surface area contributed by atoms with Crippen LogP contribution in [0.5, 0.6) is 5.75 Å². The number of aliphatic hydroxyl groups is 4. The molecule has 1 aromatic rings. The molecule has 2 saturated carbocycles. The number of aromatic hydroxyl groups is 1. The first-order valence-electron chi connectivity index (χ1n) is 12.2. The van der Waals surface area contributed by atoms with Gasteiger partial charge in [0.15, 0.2) is 11.4 Å². The maximum Gasteiger partial charge on any atom is 0.255 e. The van der Waals surface area contributed by atoms with Gasteiger partial charge in [-0.25, -0.2) is 0 Å². The van der Waals surface area contributed by atoms with Gasteiger partial charge in [-0.3, -0.25) is 14.4 Å². The zero-order valence-electron chi connectivity index (χ0n) is 19.5. The number of carbonyl (C=O) groups is 3. The van der Waals surface area contributed by atoms with Crippen LogP contribution in [-0.4, -0.2) is 67.4 Å². The van der Waals surface area contributed by atoms with E-state index in [-0.39, 0.29) is 24.0 Å². The van der Waals surface area contributed by atoms with Crippen LogP contribution in [0.1, 0.15) is 55.6 Å². The number of ether oxygens (including phenoxy) is 1. The molecule has 10 heteroatoms. The monoisotopic (exact) mass is 499 g/mol. The standard InChI is InChI=1S/C26H29NO9/c27-25(34)19-16(29)9-14-21(30)18-13(10-36-11-5-2-1-3-6-11)12-7-4-8-15(28)17(12)22(31)20(18)24(33)26(14,35)23(19)32/h4,7-8,11,13-14,18,21,28,30-32,35H,1-3,5-6,9-10H2,(H2,27,34)/t13-,14+,18+,21+,26+/m0/s1. The van der Waals surface area contributed by atoms with Crippen LogP contribution in [0, 0.1) is 11.8 Å². The highest BCUT2D eigenvalue weighted by Gasteiger charge is 2.65. The van der Waals surface area contributed by atoms with E-state index in [2.05, 4.69) is 0 Å². The highest BCUT2D eigenvalue weighted by atomic mass is 16.5. The third-order valence-electron chi connectivity index (χ3n) is 8.23. The minimum absolute atomic E-state index is 0.0165. The highest BCUT2D eigenvalue weighted by Crippen LogP contribution is 2.55. The molecule has 1 amide bonds. The number of phenols is 1. The lowest BCUT2D eigenvalue weighted by Crippen LogP contribution is -2.64. The maximum absolute atomic E-state index is 13.8. The lowest BCUT2D eigenvalue weighted by Gasteiger charge is -2.51. The van der Waals surface area contributed by atoms with Gasteiger partial charge < -0.3 is 36.0 Å². The molecule has 7 N–H and O–H groups in total. The van der Waals surface area contributed by atoms with E-state index in [0.717, 1.165) is 32.1 Å². The van der Waals surface area contributed by atoms with Crippen LogP contribution in [0.25, 0.3) is 5.76 Å². The molecule has 0 saturated heterocycles. The van der Waals surface area contributed by atoms with E-state index in [9.17, 15) is 39.9 Å². The molecule has 36 heavy (non-hydrogen) atoms. The molecule has 0 aromatic heterocycles. The van der Waals surface area contributed by atoms with Crippen molar-refractivity contribution in [3.8, 4) is 5.75 Å². The molecule has 4 aliphatic carbocycles. The number of benzene rings is 1. The summed E-state index contributed by atoms with van der Waals surface area (Å²) in [4.78, 5) is 38.2. The fourth-order valence-corrected chi connectivity index (χ4v) is 6.45. The highest BCUT2D eigenvalue weighted by molar-refractivity contribution is 6.22. The number of ketones is 2. The number of fused-ring (bicyclic) bond motifs is 3. The van der Waals surface area contributed by atoms with Crippen molar-refractivity contribution < 1.29 is 44.7 Å². The van der Waals surface area contributed by atoms with Crippen LogP contribution in [0.15, 0.2) is 35.1 Å². The van der Waals surface area contributed by atoms with Crippen molar-refractivity contribution in [1.29, 1.82) is 0 Å². The van der Waals surface area contributed by atoms with Crippen LogP contribution in [0.4, 0.5) is 0 Å². The van der Waals surface area contributed by atoms with Gasteiger partial charge in [0.1, 0.15) is 22.8 Å². The Morgan fingerprint density at radius 2 is 1.81 bits per heavy atom. The molecular weight excluding hydrogens is 470 g/mol. The number of hydrogen-bond acceptors (Lipinski definition) is 9. The molecule has 0 unspecified atom stereocenters. The molecule has 5 rings (SSSR count). The van der Waals surface area contributed by atoms with Gasteiger partial charge in [-0.05, 0) is 24.5 Å². The van der Waals surface area contributed by atoms with Gasteiger partial charge in [-0.2, -0.15) is 0 Å². The van der Waals surface area contributed by atoms with Crippen LogP contribution < -0.4 is 5.73 Å². The summed E-state index contributed by atoms with van der Waals surface area (Å²) >= 11 is 0. The van der Waals surface area contributed by atoms with Crippen molar-refractivity contribution in [3.05, 3.63) is 46.2 Å². The summed E-state index contributed by atoms with van der Waals surface area (Å²) in [6.45, 7) is 0.0559. The predicted molar refractivity (Wildman–Crippen MR) is 125 cm³/mol. The average molecular weight is 500 g/mol. The van der Waals surface area contributed by atoms with Crippen LogP contribution >= 0.6 is 0 Å². The maximum atomic E-state index is 13.8. The van der Waals surface area contributed by atoms with Crippen molar-refractivity contribution in [1.82, 2.24) is 0 Å². The van der Waals surface area contributed by atoms with E-state index in [1.807, 2.05) is 0 Å². The number of carbonyl (C=O) groups excluding carboxylic acids is 3. The van der Waals surface area contributed by atoms with E-state index in [1.54, 1.807) is 12.1 Å². The third-order valence-corrected chi connectivity index (χ3v) is 8.23. The zero-order valence-corrected chi connectivity index (χ0v) is 19.5. The Balaban J connectivity index is 1.65. The second-order valence-electron chi connectivity index (χ2n) is 10.1. The predicted octanol–water partition coefficient (Wildman–Crippen LogP) is 1.29. The van der Waals surface area contributed by atoms with Gasteiger partial charge in [0.05, 0.1) is 24.4 Å². The summed E-state index contributed by atoms with van der Waals surface area (Å²) in [5.41, 5.74) is 1.46. The van der Waals surface area contributed by atoms with Crippen molar-refractivity contribution >= 4 is 23.2 Å². The molecule has 192 valence electrons. The summed E-state index contributed by atoms with van der Waals surface area (Å²) in [7, 11) is 0. The van der Waals surface area contributed by atoms with E-state index < -0.39 is 76.0 Å². The van der Waals surface area contributed by atoms with Crippen molar-refractivity contribution in [3.63, 3.8) is 0 Å². The summed E-state index contributed by atoms with van der Waals surface area (Å²) in [5, 5.41) is 55.3. The Bertz CT molecular complexity index is 1210. The molecule has 1 aromatic carbocycles. The Kier molecular flexibility index (Phi) is 5.93. The number of phenolic OH excluding ortho intramolecular Hbond substituents is 1. The molecule has 0 radical (unpaired) electrons. The summed E-state index contributed by atoms with van der Waals surface area (Å²) < 4.78 is 6.18. The largest absolute Gasteiger partial charge is 0.508 e. The van der Waals surface area contributed by atoms with Crippen molar-refractivity contribution in [2.75, 3.05) is 6.61 Å². The van der Waals surface area contributed by atoms with Gasteiger partial charge in [0.2, 0.25) is 5.78 Å². The SMILES string of the molecule is NC(=O)C1=C(O)[C@@]2(O)C(=O)C3=C(O)c4c(O)cccc4[C@H](COC4CCCCC4)[C@H]3[C@H](O)[C@H]2CC1=O. The number of primary amides is 1. The third kappa shape index (κ3) is 3.39. The van der Waals surface area contributed by atoms with E-state index in [1.165, 1.54) is 6.07 Å². The van der Waals surface area contributed by atoms with Crippen molar-refractivity contribution in [2.45, 2.75) is 62.3 Å². The average Bonchev–Trinajstić information content (AvgIpc) is 2.84. The molecule has 0 spiro atoms. The van der Waals surface area contributed by atoms with Gasteiger partial charge in [-0.1, -0.05) is 31.4 Å². The molecule has 10 nitrogen and oxygen atoms in total. The molecule has 0 aliphatic heterocycles. The van der Waals surface area contributed by atoms with Crippen LogP contribution in [0.2, 0.25) is 0 Å². The molecule has 0 bridgehead atoms. The van der Waals surface area contributed by atoms with E-state index >= 15 is 0 Å². The van der Waals surface area contributed by atoms with Gasteiger partial charge >= 0.3 is 0 Å². The van der Waals surface area contributed by atoms with Crippen LogP contribution in [-0.2, 0) is 19.1 Å². The Morgan fingerprint density at radius 1 is 1.11 bits per heavy atom. The minimum atomic E-state index is -2.85. The Labute approximate surface area is 206 Å². The minimum Gasteiger partial charge on any atom is -0.508 e. The first-order valence-corrected chi connectivity index (χ1v) is 12.2. The number of rotatable bonds is 4. The summed E-state index contributed by atoms with van der Waals surface area (Å²) in [6, 6.07) is 4.56. The first kappa shape index (κ1) is 24.5. The lowest BCUT2D eigenvalue weighted by atomic mass is 9.55. The summed E-state index contributed by atoms with van der Waals surface area (Å²) in [5.74, 6) is -8.89.